The van der Waals surface area contributed by atoms with Gasteiger partial charge < -0.3 is 16.0 Å². The summed E-state index contributed by atoms with van der Waals surface area (Å²) in [6.07, 6.45) is 5.23. The van der Waals surface area contributed by atoms with Crippen molar-refractivity contribution in [2.75, 3.05) is 11.1 Å². The highest BCUT2D eigenvalue weighted by Crippen LogP contribution is 2.32. The van der Waals surface area contributed by atoms with E-state index >= 15 is 0 Å². The Morgan fingerprint density at radius 1 is 1.30 bits per heavy atom. The van der Waals surface area contributed by atoms with E-state index in [1.807, 2.05) is 18.2 Å². The Bertz CT molecular complexity index is 587. The largest absolute Gasteiger partial charge is 0.399 e. The molecular formula is C16H24N4. The Morgan fingerprint density at radius 3 is 2.90 bits per heavy atom. The first kappa shape index (κ1) is 13.3. The first-order valence-corrected chi connectivity index (χ1v) is 7.65. The summed E-state index contributed by atoms with van der Waals surface area (Å²) >= 11 is 0. The lowest BCUT2D eigenvalue weighted by atomic mass is 9.78. The second-order valence-corrected chi connectivity index (χ2v) is 6.31. The van der Waals surface area contributed by atoms with E-state index < -0.39 is 0 Å². The zero-order valence-electron chi connectivity index (χ0n) is 12.3. The first-order valence-electron chi connectivity index (χ1n) is 7.65. The SMILES string of the molecule is CC(C)C1CCCCC1Nc1nc2ccc(N)cc2[nH]1. The van der Waals surface area contributed by atoms with Crippen LogP contribution in [-0.2, 0) is 0 Å². The maximum Gasteiger partial charge on any atom is 0.201 e. The fourth-order valence-electron chi connectivity index (χ4n) is 3.41. The molecule has 0 bridgehead atoms. The number of imidazole rings is 1. The maximum atomic E-state index is 5.81. The van der Waals surface area contributed by atoms with Gasteiger partial charge in [-0.2, -0.15) is 0 Å². The van der Waals surface area contributed by atoms with Gasteiger partial charge in [0.15, 0.2) is 0 Å². The summed E-state index contributed by atoms with van der Waals surface area (Å²) in [5, 5.41) is 3.61. The van der Waals surface area contributed by atoms with E-state index in [1.165, 1.54) is 25.7 Å². The molecule has 20 heavy (non-hydrogen) atoms. The van der Waals surface area contributed by atoms with Gasteiger partial charge in [0.1, 0.15) is 0 Å². The lowest BCUT2D eigenvalue weighted by molar-refractivity contribution is 0.253. The number of fused-ring (bicyclic) bond motifs is 1. The molecule has 1 heterocycles. The van der Waals surface area contributed by atoms with E-state index in [1.54, 1.807) is 0 Å². The molecule has 2 atom stereocenters. The summed E-state index contributed by atoms with van der Waals surface area (Å²) in [5.74, 6) is 2.33. The van der Waals surface area contributed by atoms with Crippen molar-refractivity contribution in [2.24, 2.45) is 11.8 Å². The number of nitrogens with zero attached hydrogens (tertiary/aromatic N) is 1. The predicted molar refractivity (Wildman–Crippen MR) is 84.7 cm³/mol. The van der Waals surface area contributed by atoms with Crippen molar-refractivity contribution >= 4 is 22.7 Å². The lowest BCUT2D eigenvalue weighted by Crippen LogP contribution is -2.35. The van der Waals surface area contributed by atoms with Crippen LogP contribution in [0.1, 0.15) is 39.5 Å². The van der Waals surface area contributed by atoms with E-state index in [4.69, 9.17) is 5.73 Å². The van der Waals surface area contributed by atoms with E-state index in [0.29, 0.717) is 12.0 Å². The van der Waals surface area contributed by atoms with Gasteiger partial charge in [-0.25, -0.2) is 4.98 Å². The monoisotopic (exact) mass is 272 g/mol. The number of hydrogen-bond acceptors (Lipinski definition) is 3. The fourth-order valence-corrected chi connectivity index (χ4v) is 3.41. The van der Waals surface area contributed by atoms with Crippen molar-refractivity contribution < 1.29 is 0 Å². The normalized spacial score (nSPS) is 23.4. The van der Waals surface area contributed by atoms with E-state index in [2.05, 4.69) is 29.1 Å². The third-order valence-electron chi connectivity index (χ3n) is 4.50. The topological polar surface area (TPSA) is 66.7 Å². The van der Waals surface area contributed by atoms with Crippen molar-refractivity contribution in [1.29, 1.82) is 0 Å². The summed E-state index contributed by atoms with van der Waals surface area (Å²) in [7, 11) is 0. The molecule has 0 spiro atoms. The second-order valence-electron chi connectivity index (χ2n) is 6.31. The highest BCUT2D eigenvalue weighted by Gasteiger charge is 2.27. The molecule has 0 saturated heterocycles. The van der Waals surface area contributed by atoms with E-state index in [0.717, 1.165) is 28.6 Å². The van der Waals surface area contributed by atoms with Crippen LogP contribution in [0.3, 0.4) is 0 Å². The van der Waals surface area contributed by atoms with Gasteiger partial charge in [0.25, 0.3) is 0 Å². The molecule has 1 saturated carbocycles. The molecule has 2 aromatic rings. The summed E-state index contributed by atoms with van der Waals surface area (Å²) in [6.45, 7) is 4.65. The molecule has 4 heteroatoms. The van der Waals surface area contributed by atoms with Gasteiger partial charge >= 0.3 is 0 Å². The van der Waals surface area contributed by atoms with Crippen LogP contribution in [0.4, 0.5) is 11.6 Å². The molecule has 0 radical (unpaired) electrons. The number of aromatic nitrogens is 2. The van der Waals surface area contributed by atoms with Gasteiger partial charge in [0.2, 0.25) is 5.95 Å². The van der Waals surface area contributed by atoms with E-state index in [-0.39, 0.29) is 0 Å². The Morgan fingerprint density at radius 2 is 2.10 bits per heavy atom. The van der Waals surface area contributed by atoms with Gasteiger partial charge in [-0.05, 0) is 42.9 Å². The summed E-state index contributed by atoms with van der Waals surface area (Å²) < 4.78 is 0. The minimum Gasteiger partial charge on any atom is -0.399 e. The number of H-pyrrole nitrogens is 1. The third-order valence-corrected chi connectivity index (χ3v) is 4.50. The summed E-state index contributed by atoms with van der Waals surface area (Å²) in [6, 6.07) is 6.33. The number of aromatic amines is 1. The molecule has 1 aliphatic rings. The molecule has 3 rings (SSSR count). The zero-order chi connectivity index (χ0) is 14.1. The predicted octanol–water partition coefficient (Wildman–Crippen LogP) is 3.77. The molecule has 1 aromatic heterocycles. The summed E-state index contributed by atoms with van der Waals surface area (Å²) in [4.78, 5) is 7.96. The average Bonchev–Trinajstić information content (AvgIpc) is 2.80. The van der Waals surface area contributed by atoms with Gasteiger partial charge in [-0.15, -0.1) is 0 Å². The molecule has 4 nitrogen and oxygen atoms in total. The molecule has 1 aromatic carbocycles. The molecule has 0 aliphatic heterocycles. The molecule has 108 valence electrons. The number of nitrogens with one attached hydrogen (secondary N) is 2. The van der Waals surface area contributed by atoms with Gasteiger partial charge in [-0.1, -0.05) is 26.7 Å². The number of benzene rings is 1. The van der Waals surface area contributed by atoms with E-state index in [9.17, 15) is 0 Å². The Kier molecular flexibility index (Phi) is 3.55. The summed E-state index contributed by atoms with van der Waals surface area (Å²) in [5.41, 5.74) is 8.55. The van der Waals surface area contributed by atoms with Crippen LogP contribution in [0, 0.1) is 11.8 Å². The number of nitrogens with two attached hydrogens (primary N) is 1. The average molecular weight is 272 g/mol. The second kappa shape index (κ2) is 5.35. The van der Waals surface area contributed by atoms with Crippen molar-refractivity contribution in [3.63, 3.8) is 0 Å². The molecule has 1 aliphatic carbocycles. The Hall–Kier alpha value is -1.71. The van der Waals surface area contributed by atoms with Crippen molar-refractivity contribution in [2.45, 2.75) is 45.6 Å². The number of hydrogen-bond donors (Lipinski definition) is 3. The van der Waals surface area contributed by atoms with Crippen LogP contribution in [0.2, 0.25) is 0 Å². The number of anilines is 2. The van der Waals surface area contributed by atoms with Gasteiger partial charge in [0, 0.05) is 11.7 Å². The minimum absolute atomic E-state index is 0.529. The van der Waals surface area contributed by atoms with Gasteiger partial charge in [0.05, 0.1) is 11.0 Å². The minimum atomic E-state index is 0.529. The molecular weight excluding hydrogens is 248 g/mol. The standard InChI is InChI=1S/C16H24N4/c1-10(2)12-5-3-4-6-13(12)18-16-19-14-8-7-11(17)9-15(14)20-16/h7-10,12-13H,3-6,17H2,1-2H3,(H2,18,19,20). The van der Waals surface area contributed by atoms with Crippen LogP contribution < -0.4 is 11.1 Å². The van der Waals surface area contributed by atoms with Crippen LogP contribution in [0.15, 0.2) is 18.2 Å². The molecule has 2 unspecified atom stereocenters. The number of nitrogen functional groups attached to an aromatic ring is 1. The maximum absolute atomic E-state index is 5.81. The Balaban J connectivity index is 1.80. The fraction of sp³-hybridized carbons (Fsp3) is 0.562. The highest BCUT2D eigenvalue weighted by molar-refractivity contribution is 5.80. The quantitative estimate of drug-likeness (QED) is 0.745. The number of rotatable bonds is 3. The van der Waals surface area contributed by atoms with Crippen molar-refractivity contribution in [3.8, 4) is 0 Å². The van der Waals surface area contributed by atoms with Crippen molar-refractivity contribution in [3.05, 3.63) is 18.2 Å². The smallest absolute Gasteiger partial charge is 0.201 e. The molecule has 4 N–H and O–H groups in total. The molecule has 1 fully saturated rings. The molecule has 0 amide bonds. The zero-order valence-corrected chi connectivity index (χ0v) is 12.3. The van der Waals surface area contributed by atoms with Crippen LogP contribution >= 0.6 is 0 Å². The highest BCUT2D eigenvalue weighted by atomic mass is 15.1. The van der Waals surface area contributed by atoms with Gasteiger partial charge in [-0.3, -0.25) is 0 Å². The van der Waals surface area contributed by atoms with Crippen molar-refractivity contribution in [1.82, 2.24) is 9.97 Å². The van der Waals surface area contributed by atoms with Crippen LogP contribution in [-0.4, -0.2) is 16.0 Å². The lowest BCUT2D eigenvalue weighted by Gasteiger charge is -2.34. The van der Waals surface area contributed by atoms with Crippen LogP contribution in [0.25, 0.3) is 11.0 Å². The third kappa shape index (κ3) is 2.60. The Labute approximate surface area is 120 Å². The van der Waals surface area contributed by atoms with Crippen LogP contribution in [0.5, 0.6) is 0 Å². The first-order chi connectivity index (χ1) is 9.63.